The molecule has 0 unspecified atom stereocenters. The molecule has 0 amide bonds. The largest absolute Gasteiger partial charge is 0.309 e. The maximum absolute atomic E-state index is 2.51. The molecule has 8 aromatic carbocycles. The average Bonchev–Trinajstić information content (AvgIpc) is 3.65. The number of nitrogens with zero attached hydrogens (tertiary/aromatic N) is 1. The monoisotopic (exact) mass is 637 g/mol. The predicted molar refractivity (Wildman–Crippen MR) is 212 cm³/mol. The second kappa shape index (κ2) is 10.9. The first-order valence-electron chi connectivity index (χ1n) is 17.5. The fourth-order valence-electron chi connectivity index (χ4n) is 8.66. The van der Waals surface area contributed by atoms with Gasteiger partial charge in [0.25, 0.3) is 0 Å². The molecule has 1 aliphatic rings. The Bertz CT molecular complexity index is 2690. The number of fused-ring (bicyclic) bond motifs is 10. The summed E-state index contributed by atoms with van der Waals surface area (Å²) in [7, 11) is 0. The highest BCUT2D eigenvalue weighted by Gasteiger charge is 2.39. The zero-order valence-electron chi connectivity index (χ0n) is 28.2. The van der Waals surface area contributed by atoms with Crippen LogP contribution in [0.3, 0.4) is 0 Å². The minimum absolute atomic E-state index is 0.132. The first-order chi connectivity index (χ1) is 24.6. The molecule has 1 nitrogen and oxygen atoms in total. The van der Waals surface area contributed by atoms with Gasteiger partial charge in [-0.3, -0.25) is 0 Å². The predicted octanol–water partition coefficient (Wildman–Crippen LogP) is 13.2. The van der Waals surface area contributed by atoms with Gasteiger partial charge in [-0.25, -0.2) is 0 Å². The number of hydrogen-bond donors (Lipinski definition) is 0. The Kier molecular flexibility index (Phi) is 6.29. The van der Waals surface area contributed by atoms with Crippen molar-refractivity contribution in [3.8, 4) is 50.2 Å². The molecular weight excluding hydrogens is 603 g/mol. The van der Waals surface area contributed by atoms with E-state index < -0.39 is 0 Å². The van der Waals surface area contributed by atoms with E-state index in [1.54, 1.807) is 0 Å². The molecule has 1 heterocycles. The Hall–Kier alpha value is -6.18. The van der Waals surface area contributed by atoms with E-state index in [0.717, 1.165) is 0 Å². The highest BCUT2D eigenvalue weighted by atomic mass is 15.0. The third-order valence-corrected chi connectivity index (χ3v) is 10.9. The molecule has 0 bridgehead atoms. The molecule has 0 saturated heterocycles. The zero-order valence-corrected chi connectivity index (χ0v) is 28.2. The molecule has 1 heteroatoms. The van der Waals surface area contributed by atoms with Crippen molar-refractivity contribution in [1.82, 2.24) is 4.57 Å². The van der Waals surface area contributed by atoms with Crippen LogP contribution in [0.25, 0.3) is 82.8 Å². The average molecular weight is 638 g/mol. The van der Waals surface area contributed by atoms with Gasteiger partial charge in [-0.15, -0.1) is 0 Å². The summed E-state index contributed by atoms with van der Waals surface area (Å²) in [6.45, 7) is 4.81. The summed E-state index contributed by atoms with van der Waals surface area (Å²) in [6, 6.07) is 64.6. The van der Waals surface area contributed by atoms with Crippen molar-refractivity contribution < 1.29 is 0 Å². The lowest BCUT2D eigenvalue weighted by Gasteiger charge is -2.23. The van der Waals surface area contributed by atoms with Crippen LogP contribution in [0.1, 0.15) is 25.0 Å². The van der Waals surface area contributed by atoms with Crippen molar-refractivity contribution in [2.45, 2.75) is 19.3 Å². The zero-order chi connectivity index (χ0) is 33.4. The van der Waals surface area contributed by atoms with E-state index in [0.29, 0.717) is 0 Å². The molecule has 0 spiro atoms. The molecule has 1 aliphatic carbocycles. The summed E-state index contributed by atoms with van der Waals surface area (Å²) in [6.07, 6.45) is 0. The number of hydrogen-bond acceptors (Lipinski definition) is 0. The summed E-state index contributed by atoms with van der Waals surface area (Å²) in [5, 5.41) is 5.28. The highest BCUT2D eigenvalue weighted by molar-refractivity contribution is 6.25. The van der Waals surface area contributed by atoms with Gasteiger partial charge in [-0.05, 0) is 97.4 Å². The Balaban J connectivity index is 1.21. The van der Waals surface area contributed by atoms with Crippen LogP contribution >= 0.6 is 0 Å². The van der Waals surface area contributed by atoms with Gasteiger partial charge in [-0.2, -0.15) is 0 Å². The molecule has 0 radical (unpaired) electrons. The molecule has 0 saturated carbocycles. The Morgan fingerprint density at radius 1 is 0.420 bits per heavy atom. The molecular formula is C49H35N. The summed E-state index contributed by atoms with van der Waals surface area (Å²) < 4.78 is 2.51. The Labute approximate surface area is 292 Å². The van der Waals surface area contributed by atoms with Gasteiger partial charge in [0.1, 0.15) is 0 Å². The van der Waals surface area contributed by atoms with Crippen LogP contribution in [-0.2, 0) is 5.41 Å². The Morgan fingerprint density at radius 3 is 1.56 bits per heavy atom. The summed E-state index contributed by atoms with van der Waals surface area (Å²) in [5.74, 6) is 0. The summed E-state index contributed by atoms with van der Waals surface area (Å²) in [4.78, 5) is 0. The van der Waals surface area contributed by atoms with Gasteiger partial charge >= 0.3 is 0 Å². The third-order valence-electron chi connectivity index (χ3n) is 10.9. The van der Waals surface area contributed by atoms with Crippen LogP contribution in [0.5, 0.6) is 0 Å². The SMILES string of the molecule is CC1(C)c2ccccc2-c2c1c1c3ccccc3n(-c3ccc(-c4cc(-c5ccccc5)cc(-c5ccccc5)c4)cc3)c1c1ccccc21. The van der Waals surface area contributed by atoms with Crippen LogP contribution in [-0.4, -0.2) is 4.57 Å². The van der Waals surface area contributed by atoms with Crippen molar-refractivity contribution in [2.24, 2.45) is 0 Å². The molecule has 9 aromatic rings. The second-order valence-corrected chi connectivity index (χ2v) is 14.1. The van der Waals surface area contributed by atoms with Crippen molar-refractivity contribution >= 4 is 32.6 Å². The van der Waals surface area contributed by atoms with Crippen LogP contribution in [0.2, 0.25) is 0 Å². The topological polar surface area (TPSA) is 4.93 Å². The summed E-state index contributed by atoms with van der Waals surface area (Å²) in [5.41, 5.74) is 16.4. The lowest BCUT2D eigenvalue weighted by atomic mass is 9.79. The highest BCUT2D eigenvalue weighted by Crippen LogP contribution is 2.56. The van der Waals surface area contributed by atoms with Gasteiger partial charge < -0.3 is 4.57 Å². The summed E-state index contributed by atoms with van der Waals surface area (Å²) >= 11 is 0. The van der Waals surface area contributed by atoms with Gasteiger partial charge in [0, 0.05) is 27.3 Å². The van der Waals surface area contributed by atoms with Crippen molar-refractivity contribution in [1.29, 1.82) is 0 Å². The molecule has 0 N–H and O–H groups in total. The molecule has 1 aromatic heterocycles. The van der Waals surface area contributed by atoms with E-state index in [9.17, 15) is 0 Å². The van der Waals surface area contributed by atoms with Crippen LogP contribution in [0.15, 0.2) is 176 Å². The smallest absolute Gasteiger partial charge is 0.0623 e. The maximum Gasteiger partial charge on any atom is 0.0623 e. The number of para-hydroxylation sites is 1. The van der Waals surface area contributed by atoms with Gasteiger partial charge in [0.05, 0.1) is 11.0 Å². The van der Waals surface area contributed by atoms with Crippen molar-refractivity contribution in [3.05, 3.63) is 187 Å². The lowest BCUT2D eigenvalue weighted by molar-refractivity contribution is 0.667. The molecule has 0 atom stereocenters. The first kappa shape index (κ1) is 28.8. The molecule has 50 heavy (non-hydrogen) atoms. The van der Waals surface area contributed by atoms with Crippen LogP contribution in [0.4, 0.5) is 0 Å². The number of benzene rings is 8. The maximum atomic E-state index is 2.51. The lowest BCUT2D eigenvalue weighted by Crippen LogP contribution is -2.15. The van der Waals surface area contributed by atoms with E-state index >= 15 is 0 Å². The molecule has 0 fully saturated rings. The van der Waals surface area contributed by atoms with Gasteiger partial charge in [0.2, 0.25) is 0 Å². The number of rotatable bonds is 4. The van der Waals surface area contributed by atoms with Crippen molar-refractivity contribution in [3.63, 3.8) is 0 Å². The minimum Gasteiger partial charge on any atom is -0.309 e. The van der Waals surface area contributed by atoms with E-state index in [2.05, 4.69) is 194 Å². The van der Waals surface area contributed by atoms with E-state index in [1.165, 1.54) is 93.9 Å². The second-order valence-electron chi connectivity index (χ2n) is 14.1. The van der Waals surface area contributed by atoms with Crippen LogP contribution in [0, 0.1) is 0 Å². The third kappa shape index (κ3) is 4.20. The van der Waals surface area contributed by atoms with Gasteiger partial charge in [-0.1, -0.05) is 153 Å². The van der Waals surface area contributed by atoms with E-state index in [4.69, 9.17) is 0 Å². The molecule has 236 valence electrons. The van der Waals surface area contributed by atoms with Gasteiger partial charge in [0.15, 0.2) is 0 Å². The van der Waals surface area contributed by atoms with Crippen LogP contribution < -0.4 is 0 Å². The first-order valence-corrected chi connectivity index (χ1v) is 17.5. The van der Waals surface area contributed by atoms with Crippen molar-refractivity contribution in [2.75, 3.05) is 0 Å². The Morgan fingerprint density at radius 2 is 0.920 bits per heavy atom. The standard InChI is InChI=1S/C49H35N/c1-49(2)43-23-13-11-21-41(43)45-39-19-9-10-20-40(39)48-46(47(45)49)42-22-12-14-24-44(42)50(48)38-27-25-34(26-28-38)37-30-35(32-15-5-3-6-16-32)29-36(31-37)33-17-7-4-8-18-33/h3-31H,1-2H3. The minimum atomic E-state index is -0.132. The number of aromatic nitrogens is 1. The normalized spacial score (nSPS) is 13.2. The quantitative estimate of drug-likeness (QED) is 0.181. The fraction of sp³-hybridized carbons (Fsp3) is 0.0612. The fourth-order valence-corrected chi connectivity index (χ4v) is 8.66. The van der Waals surface area contributed by atoms with E-state index in [-0.39, 0.29) is 5.41 Å². The molecule has 10 rings (SSSR count). The van der Waals surface area contributed by atoms with E-state index in [1.807, 2.05) is 0 Å². The molecule has 0 aliphatic heterocycles.